The molecule has 0 saturated heterocycles. The molecule has 0 radical (unpaired) electrons. The molecule has 3 heterocycles. The average molecular weight is 373 g/mol. The van der Waals surface area contributed by atoms with E-state index in [1.54, 1.807) is 11.2 Å². The third kappa shape index (κ3) is 3.65. The van der Waals surface area contributed by atoms with Crippen LogP contribution in [-0.4, -0.2) is 19.7 Å². The van der Waals surface area contributed by atoms with E-state index in [-0.39, 0.29) is 0 Å². The highest BCUT2D eigenvalue weighted by Crippen LogP contribution is 2.26. The van der Waals surface area contributed by atoms with Crippen molar-refractivity contribution in [3.8, 4) is 11.3 Å². The van der Waals surface area contributed by atoms with E-state index in [9.17, 15) is 0 Å². The van der Waals surface area contributed by atoms with Crippen LogP contribution in [0.2, 0.25) is 0 Å². The van der Waals surface area contributed by atoms with E-state index in [1.807, 2.05) is 53.5 Å². The Labute approximate surface area is 163 Å². The Kier molecular flexibility index (Phi) is 4.90. The minimum atomic E-state index is 0.487. The van der Waals surface area contributed by atoms with Crippen molar-refractivity contribution < 1.29 is 0 Å². The molecule has 0 unspecified atom stereocenters. The number of nitrogens with zero attached hydrogens (tertiary/aromatic N) is 5. The van der Waals surface area contributed by atoms with Gasteiger partial charge < -0.3 is 5.73 Å². The second-order valence-corrected chi connectivity index (χ2v) is 6.76. The number of anilines is 2. The lowest BCUT2D eigenvalue weighted by Gasteiger charge is -2.20. The molecule has 0 aliphatic carbocycles. The van der Waals surface area contributed by atoms with E-state index >= 15 is 0 Å². The second-order valence-electron chi connectivity index (χ2n) is 6.76. The minimum Gasteiger partial charge on any atom is -0.396 e. The molecule has 0 bridgehead atoms. The lowest BCUT2D eigenvalue weighted by atomic mass is 10.1. The number of benzene rings is 1. The van der Waals surface area contributed by atoms with Crippen LogP contribution in [0.3, 0.4) is 0 Å². The molecule has 1 aromatic carbocycles. The van der Waals surface area contributed by atoms with E-state index in [0.29, 0.717) is 18.1 Å². The van der Waals surface area contributed by atoms with Gasteiger partial charge in [-0.05, 0) is 42.3 Å². The summed E-state index contributed by atoms with van der Waals surface area (Å²) < 4.78 is 1.91. The van der Waals surface area contributed by atoms with Crippen molar-refractivity contribution in [2.75, 3.05) is 10.7 Å². The topological polar surface area (TPSA) is 98.9 Å². The quantitative estimate of drug-likeness (QED) is 0.397. The summed E-state index contributed by atoms with van der Waals surface area (Å²) in [4.78, 5) is 9.03. The number of aryl methyl sites for hydroxylation is 1. The smallest absolute Gasteiger partial charge is 0.166 e. The first kappa shape index (κ1) is 17.9. The van der Waals surface area contributed by atoms with Crippen LogP contribution in [0.1, 0.15) is 18.9 Å². The number of aromatic nitrogens is 4. The van der Waals surface area contributed by atoms with Gasteiger partial charge in [0.25, 0.3) is 0 Å². The monoisotopic (exact) mass is 373 g/mol. The van der Waals surface area contributed by atoms with E-state index in [4.69, 9.17) is 11.6 Å². The van der Waals surface area contributed by atoms with Crippen molar-refractivity contribution in [3.63, 3.8) is 0 Å². The molecule has 0 spiro atoms. The average Bonchev–Trinajstić information content (AvgIpc) is 3.17. The van der Waals surface area contributed by atoms with Gasteiger partial charge in [0, 0.05) is 29.9 Å². The van der Waals surface area contributed by atoms with Gasteiger partial charge in [0.2, 0.25) is 0 Å². The van der Waals surface area contributed by atoms with Crippen LogP contribution in [0.25, 0.3) is 22.2 Å². The van der Waals surface area contributed by atoms with Crippen molar-refractivity contribution >= 4 is 22.4 Å². The van der Waals surface area contributed by atoms with E-state index in [0.717, 1.165) is 40.7 Å². The molecular weight excluding hydrogens is 350 g/mol. The number of nitrogen functional groups attached to an aromatic ring is 1. The Morgan fingerprint density at radius 2 is 2.04 bits per heavy atom. The first-order valence-corrected chi connectivity index (χ1v) is 9.29. The minimum absolute atomic E-state index is 0.487. The Morgan fingerprint density at radius 1 is 1.14 bits per heavy atom. The molecule has 0 amide bonds. The number of rotatable bonds is 6. The summed E-state index contributed by atoms with van der Waals surface area (Å²) in [7, 11) is 0. The highest BCUT2D eigenvalue weighted by Gasteiger charge is 2.12. The van der Waals surface area contributed by atoms with Gasteiger partial charge in [0.05, 0.1) is 29.6 Å². The fourth-order valence-electron chi connectivity index (χ4n) is 3.19. The molecule has 0 fully saturated rings. The number of pyridine rings is 2. The summed E-state index contributed by atoms with van der Waals surface area (Å²) in [6.45, 7) is 3.48. The summed E-state index contributed by atoms with van der Waals surface area (Å²) in [5, 5.41) is 7.02. The molecule has 0 saturated carbocycles. The molecule has 0 aliphatic rings. The highest BCUT2D eigenvalue weighted by atomic mass is 15.4. The van der Waals surface area contributed by atoms with E-state index < -0.39 is 0 Å². The summed E-state index contributed by atoms with van der Waals surface area (Å²) in [5.41, 5.74) is 10.4. The fourth-order valence-corrected chi connectivity index (χ4v) is 3.19. The fraction of sp³-hybridized carbons (Fsp3) is 0.190. The zero-order chi connectivity index (χ0) is 19.5. The number of fused-ring (bicyclic) bond motifs is 1. The first-order valence-electron chi connectivity index (χ1n) is 9.29. The van der Waals surface area contributed by atoms with Crippen molar-refractivity contribution in [2.45, 2.75) is 26.4 Å². The van der Waals surface area contributed by atoms with Crippen LogP contribution in [0.15, 0.2) is 61.1 Å². The molecule has 7 nitrogen and oxygen atoms in total. The van der Waals surface area contributed by atoms with E-state index in [1.165, 1.54) is 0 Å². The van der Waals surface area contributed by atoms with Gasteiger partial charge in [-0.2, -0.15) is 5.10 Å². The lowest BCUT2D eigenvalue weighted by Crippen LogP contribution is -2.31. The van der Waals surface area contributed by atoms with Crippen LogP contribution >= 0.6 is 0 Å². The van der Waals surface area contributed by atoms with Gasteiger partial charge in [-0.25, -0.2) is 10.8 Å². The molecule has 4 aromatic rings. The molecule has 3 aromatic heterocycles. The maximum absolute atomic E-state index is 6.33. The molecule has 4 rings (SSSR count). The SMILES string of the molecule is CCCn1cc(-c2ccc(N)c(N(N)Cc3ccc4ncccc4c3)n2)cn1. The molecule has 142 valence electrons. The molecule has 7 heteroatoms. The van der Waals surface area contributed by atoms with Crippen LogP contribution in [0.4, 0.5) is 11.5 Å². The van der Waals surface area contributed by atoms with Crippen LogP contribution in [-0.2, 0) is 13.1 Å². The van der Waals surface area contributed by atoms with Gasteiger partial charge >= 0.3 is 0 Å². The highest BCUT2D eigenvalue weighted by molar-refractivity contribution is 5.79. The Balaban J connectivity index is 1.59. The van der Waals surface area contributed by atoms with Gasteiger partial charge in [-0.1, -0.05) is 19.1 Å². The normalized spacial score (nSPS) is 11.1. The van der Waals surface area contributed by atoms with E-state index in [2.05, 4.69) is 28.1 Å². The summed E-state index contributed by atoms with van der Waals surface area (Å²) in [6.07, 6.45) is 6.62. The summed E-state index contributed by atoms with van der Waals surface area (Å²) in [6, 6.07) is 13.8. The summed E-state index contributed by atoms with van der Waals surface area (Å²) in [5.74, 6) is 6.87. The van der Waals surface area contributed by atoms with Crippen molar-refractivity contribution in [1.29, 1.82) is 0 Å². The van der Waals surface area contributed by atoms with Crippen LogP contribution in [0, 0.1) is 0 Å². The molecule has 0 atom stereocenters. The number of hydrazine groups is 1. The number of hydrogen-bond acceptors (Lipinski definition) is 6. The maximum Gasteiger partial charge on any atom is 0.166 e. The Morgan fingerprint density at radius 3 is 2.89 bits per heavy atom. The van der Waals surface area contributed by atoms with Crippen LogP contribution < -0.4 is 16.6 Å². The van der Waals surface area contributed by atoms with Crippen LogP contribution in [0.5, 0.6) is 0 Å². The molecule has 28 heavy (non-hydrogen) atoms. The third-order valence-corrected chi connectivity index (χ3v) is 4.58. The van der Waals surface area contributed by atoms with Gasteiger partial charge in [0.15, 0.2) is 5.82 Å². The number of hydrogen-bond donors (Lipinski definition) is 2. The maximum atomic E-state index is 6.33. The predicted octanol–water partition coefficient (Wildman–Crippen LogP) is 3.37. The van der Waals surface area contributed by atoms with Crippen molar-refractivity contribution in [1.82, 2.24) is 19.7 Å². The lowest BCUT2D eigenvalue weighted by molar-refractivity contribution is 0.603. The third-order valence-electron chi connectivity index (χ3n) is 4.58. The molecule has 0 aliphatic heterocycles. The van der Waals surface area contributed by atoms with Gasteiger partial charge in [-0.3, -0.25) is 14.7 Å². The largest absolute Gasteiger partial charge is 0.396 e. The zero-order valence-corrected chi connectivity index (χ0v) is 15.8. The van der Waals surface area contributed by atoms with Gasteiger partial charge in [0.1, 0.15) is 0 Å². The molecular formula is C21H23N7. The van der Waals surface area contributed by atoms with Gasteiger partial charge in [-0.15, -0.1) is 0 Å². The predicted molar refractivity (Wildman–Crippen MR) is 112 cm³/mol. The first-order chi connectivity index (χ1) is 13.6. The second kappa shape index (κ2) is 7.66. The Hall–Kier alpha value is -3.45. The summed E-state index contributed by atoms with van der Waals surface area (Å²) >= 11 is 0. The number of nitrogens with two attached hydrogens (primary N) is 2. The van der Waals surface area contributed by atoms with Crippen molar-refractivity contribution in [2.24, 2.45) is 5.84 Å². The molecule has 4 N–H and O–H groups in total. The Bertz CT molecular complexity index is 1100. The zero-order valence-electron chi connectivity index (χ0n) is 15.8. The standard InChI is InChI=1S/C21H23N7/c1-2-10-27-14-17(12-25-27)20-8-6-18(22)21(26-20)28(23)13-15-5-7-19-16(11-15)4-3-9-24-19/h3-9,11-12,14H,2,10,13,22-23H2,1H3. The van der Waals surface area contributed by atoms with Crippen molar-refractivity contribution in [3.05, 3.63) is 66.6 Å².